The van der Waals surface area contributed by atoms with E-state index in [0.29, 0.717) is 5.96 Å². The van der Waals surface area contributed by atoms with Crippen molar-refractivity contribution in [1.29, 1.82) is 0 Å². The number of nitrogens with one attached hydrogen (secondary N) is 1. The van der Waals surface area contributed by atoms with Crippen LogP contribution in [0.25, 0.3) is 0 Å². The maximum absolute atomic E-state index is 11.1. The zero-order valence-corrected chi connectivity index (χ0v) is 9.29. The number of guanidine groups is 1. The van der Waals surface area contributed by atoms with Gasteiger partial charge in [-0.3, -0.25) is 4.79 Å². The van der Waals surface area contributed by atoms with Crippen LogP contribution in [0.4, 0.5) is 0 Å². The van der Waals surface area contributed by atoms with E-state index < -0.39 is 0 Å². The predicted octanol–water partition coefficient (Wildman–Crippen LogP) is -0.608. The molecule has 1 amide bonds. The van der Waals surface area contributed by atoms with Gasteiger partial charge in [-0.1, -0.05) is 5.92 Å². The van der Waals surface area contributed by atoms with Gasteiger partial charge < -0.3 is 16.0 Å². The molecule has 0 rings (SSSR count). The van der Waals surface area contributed by atoms with E-state index in [9.17, 15) is 4.79 Å². The van der Waals surface area contributed by atoms with Crippen molar-refractivity contribution in [3.05, 3.63) is 0 Å². The number of terminal acetylenes is 1. The number of carbonyl (C=O) groups is 1. The van der Waals surface area contributed by atoms with Gasteiger partial charge in [-0.25, -0.2) is 4.99 Å². The highest BCUT2D eigenvalue weighted by molar-refractivity contribution is 5.84. The van der Waals surface area contributed by atoms with Crippen LogP contribution in [0.15, 0.2) is 4.99 Å². The Morgan fingerprint density at radius 3 is 2.60 bits per heavy atom. The van der Waals surface area contributed by atoms with Crippen molar-refractivity contribution in [3.8, 4) is 12.3 Å². The van der Waals surface area contributed by atoms with Gasteiger partial charge in [0, 0.05) is 13.1 Å². The minimum Gasteiger partial charge on any atom is -0.370 e. The van der Waals surface area contributed by atoms with E-state index in [-0.39, 0.29) is 19.0 Å². The van der Waals surface area contributed by atoms with Gasteiger partial charge in [-0.15, -0.1) is 6.42 Å². The molecule has 0 saturated heterocycles. The summed E-state index contributed by atoms with van der Waals surface area (Å²) in [5, 5.41) is 2.51. The highest BCUT2D eigenvalue weighted by atomic mass is 16.1. The SMILES string of the molecule is C#CCNC(=O)CN=C(N)N(CC)CC. The van der Waals surface area contributed by atoms with Gasteiger partial charge >= 0.3 is 0 Å². The zero-order chi connectivity index (χ0) is 11.7. The Kier molecular flexibility index (Phi) is 6.81. The first-order valence-corrected chi connectivity index (χ1v) is 4.90. The molecule has 0 fully saturated rings. The van der Waals surface area contributed by atoms with Gasteiger partial charge in [-0.05, 0) is 13.8 Å². The molecule has 15 heavy (non-hydrogen) atoms. The monoisotopic (exact) mass is 210 g/mol. The summed E-state index contributed by atoms with van der Waals surface area (Å²) in [4.78, 5) is 16.9. The second-order valence-corrected chi connectivity index (χ2v) is 2.83. The van der Waals surface area contributed by atoms with Gasteiger partial charge in [0.1, 0.15) is 6.54 Å². The van der Waals surface area contributed by atoms with E-state index in [0.717, 1.165) is 13.1 Å². The minimum atomic E-state index is -0.219. The third-order valence-electron chi connectivity index (χ3n) is 1.86. The Balaban J connectivity index is 4.04. The number of rotatable bonds is 5. The molecule has 0 heterocycles. The normalized spacial score (nSPS) is 10.6. The molecule has 0 aliphatic carbocycles. The lowest BCUT2D eigenvalue weighted by atomic mass is 10.5. The number of carbonyl (C=O) groups excluding carboxylic acids is 1. The van der Waals surface area contributed by atoms with E-state index in [4.69, 9.17) is 12.2 Å². The van der Waals surface area contributed by atoms with E-state index in [1.165, 1.54) is 0 Å². The molecule has 0 aromatic rings. The lowest BCUT2D eigenvalue weighted by Gasteiger charge is -2.19. The van der Waals surface area contributed by atoms with Crippen LogP contribution in [0.1, 0.15) is 13.8 Å². The summed E-state index contributed by atoms with van der Waals surface area (Å²) >= 11 is 0. The molecule has 0 aromatic carbocycles. The van der Waals surface area contributed by atoms with Crippen LogP contribution in [-0.4, -0.2) is 42.9 Å². The van der Waals surface area contributed by atoms with Gasteiger partial charge in [-0.2, -0.15) is 0 Å². The summed E-state index contributed by atoms with van der Waals surface area (Å²) in [5.41, 5.74) is 5.67. The van der Waals surface area contributed by atoms with Crippen LogP contribution >= 0.6 is 0 Å². The summed E-state index contributed by atoms with van der Waals surface area (Å²) in [6.07, 6.45) is 4.99. The topological polar surface area (TPSA) is 70.7 Å². The summed E-state index contributed by atoms with van der Waals surface area (Å²) in [6.45, 7) is 5.74. The Morgan fingerprint density at radius 1 is 1.53 bits per heavy atom. The molecule has 5 nitrogen and oxygen atoms in total. The molecule has 84 valence electrons. The largest absolute Gasteiger partial charge is 0.370 e. The summed E-state index contributed by atoms with van der Waals surface area (Å²) in [7, 11) is 0. The molecular weight excluding hydrogens is 192 g/mol. The fraction of sp³-hybridized carbons (Fsp3) is 0.600. The molecule has 5 heteroatoms. The number of nitrogens with two attached hydrogens (primary N) is 1. The van der Waals surface area contributed by atoms with Crippen molar-refractivity contribution in [1.82, 2.24) is 10.2 Å². The van der Waals surface area contributed by atoms with Crippen molar-refractivity contribution in [2.24, 2.45) is 10.7 Å². The number of aliphatic imine (C=N–C) groups is 1. The lowest BCUT2D eigenvalue weighted by molar-refractivity contribution is -0.119. The first-order chi connectivity index (χ1) is 7.15. The van der Waals surface area contributed by atoms with Crippen LogP contribution in [0.5, 0.6) is 0 Å². The number of nitrogens with zero attached hydrogens (tertiary/aromatic N) is 2. The summed E-state index contributed by atoms with van der Waals surface area (Å²) in [6, 6.07) is 0. The van der Waals surface area contributed by atoms with Gasteiger partial charge in [0.25, 0.3) is 0 Å². The molecule has 0 atom stereocenters. The summed E-state index contributed by atoms with van der Waals surface area (Å²) in [5.74, 6) is 2.47. The maximum Gasteiger partial charge on any atom is 0.242 e. The smallest absolute Gasteiger partial charge is 0.242 e. The quantitative estimate of drug-likeness (QED) is 0.361. The first-order valence-electron chi connectivity index (χ1n) is 4.90. The van der Waals surface area contributed by atoms with E-state index in [2.05, 4.69) is 16.2 Å². The van der Waals surface area contributed by atoms with Crippen molar-refractivity contribution in [2.45, 2.75) is 13.8 Å². The Bertz CT molecular complexity index is 263. The molecule has 3 N–H and O–H groups in total. The average molecular weight is 210 g/mol. The molecule has 0 aliphatic rings. The number of hydrogen-bond acceptors (Lipinski definition) is 2. The van der Waals surface area contributed by atoms with Gasteiger partial charge in [0.2, 0.25) is 5.91 Å². The van der Waals surface area contributed by atoms with Crippen molar-refractivity contribution >= 4 is 11.9 Å². The van der Waals surface area contributed by atoms with E-state index in [1.807, 2.05) is 18.7 Å². The predicted molar refractivity (Wildman–Crippen MR) is 61.3 cm³/mol. The fourth-order valence-electron chi connectivity index (χ4n) is 1.01. The Morgan fingerprint density at radius 2 is 2.13 bits per heavy atom. The van der Waals surface area contributed by atoms with Crippen LogP contribution in [0, 0.1) is 12.3 Å². The average Bonchev–Trinajstić information content (AvgIpc) is 2.25. The van der Waals surface area contributed by atoms with Crippen molar-refractivity contribution in [2.75, 3.05) is 26.2 Å². The lowest BCUT2D eigenvalue weighted by Crippen LogP contribution is -2.38. The standard InChI is InChI=1S/C10H18N4O/c1-4-7-12-9(15)8-13-10(11)14(5-2)6-3/h1H,5-8H2,2-3H3,(H2,11,13)(H,12,15). The van der Waals surface area contributed by atoms with Gasteiger partial charge in [0.15, 0.2) is 5.96 Å². The molecule has 0 unspecified atom stereocenters. The Labute approximate surface area is 90.7 Å². The van der Waals surface area contributed by atoms with Crippen LogP contribution in [0.2, 0.25) is 0 Å². The third-order valence-corrected chi connectivity index (χ3v) is 1.86. The van der Waals surface area contributed by atoms with E-state index in [1.54, 1.807) is 0 Å². The van der Waals surface area contributed by atoms with Crippen LogP contribution in [0.3, 0.4) is 0 Å². The molecule has 0 bridgehead atoms. The molecule has 0 spiro atoms. The van der Waals surface area contributed by atoms with Crippen LogP contribution in [-0.2, 0) is 4.79 Å². The molecular formula is C10H18N4O. The van der Waals surface area contributed by atoms with Crippen molar-refractivity contribution < 1.29 is 4.79 Å². The second-order valence-electron chi connectivity index (χ2n) is 2.83. The highest BCUT2D eigenvalue weighted by Crippen LogP contribution is 1.86. The van der Waals surface area contributed by atoms with Crippen LogP contribution < -0.4 is 11.1 Å². The molecule has 0 radical (unpaired) electrons. The maximum atomic E-state index is 11.1. The molecule has 0 aromatic heterocycles. The zero-order valence-electron chi connectivity index (χ0n) is 9.29. The second kappa shape index (κ2) is 7.68. The third kappa shape index (κ3) is 5.57. The summed E-state index contributed by atoms with van der Waals surface area (Å²) < 4.78 is 0. The fourth-order valence-corrected chi connectivity index (χ4v) is 1.01. The Hall–Kier alpha value is -1.70. The van der Waals surface area contributed by atoms with Crippen molar-refractivity contribution in [3.63, 3.8) is 0 Å². The number of hydrogen-bond donors (Lipinski definition) is 2. The minimum absolute atomic E-state index is 0.0179. The van der Waals surface area contributed by atoms with E-state index >= 15 is 0 Å². The molecule has 0 aliphatic heterocycles. The van der Waals surface area contributed by atoms with Gasteiger partial charge in [0.05, 0.1) is 6.54 Å². The number of amides is 1. The first kappa shape index (κ1) is 13.3. The molecule has 0 saturated carbocycles. The highest BCUT2D eigenvalue weighted by Gasteiger charge is 2.03.